The van der Waals surface area contributed by atoms with Crippen molar-refractivity contribution < 1.29 is 4.79 Å². The Bertz CT molecular complexity index is 1240. The Morgan fingerprint density at radius 3 is 2.56 bits per heavy atom. The number of pyridine rings is 1. The summed E-state index contributed by atoms with van der Waals surface area (Å²) >= 11 is 0. The van der Waals surface area contributed by atoms with Gasteiger partial charge in [0.25, 0.3) is 0 Å². The molecule has 3 aromatic heterocycles. The maximum atomic E-state index is 12.8. The highest BCUT2D eigenvalue weighted by Gasteiger charge is 2.26. The number of benzene rings is 1. The first-order chi connectivity index (χ1) is 16.7. The van der Waals surface area contributed by atoms with Crippen LogP contribution in [0.4, 0.5) is 5.69 Å². The van der Waals surface area contributed by atoms with Crippen LogP contribution in [0.5, 0.6) is 0 Å². The van der Waals surface area contributed by atoms with Crippen LogP contribution in [0.25, 0.3) is 28.3 Å². The van der Waals surface area contributed by atoms with Gasteiger partial charge in [-0.1, -0.05) is 38.3 Å². The van der Waals surface area contributed by atoms with E-state index in [9.17, 15) is 4.79 Å². The topological polar surface area (TPSA) is 85.1 Å². The summed E-state index contributed by atoms with van der Waals surface area (Å²) < 4.78 is 1.74. The lowest BCUT2D eigenvalue weighted by molar-refractivity contribution is -0.121. The van der Waals surface area contributed by atoms with Crippen molar-refractivity contribution in [2.75, 3.05) is 5.32 Å². The number of nitrogens with one attached hydrogen (secondary N) is 1. The van der Waals surface area contributed by atoms with Crippen molar-refractivity contribution in [1.82, 2.24) is 24.8 Å². The Morgan fingerprint density at radius 2 is 1.82 bits per heavy atom. The molecule has 1 saturated carbocycles. The number of rotatable bonds is 7. The summed E-state index contributed by atoms with van der Waals surface area (Å²) in [7, 11) is 0. The van der Waals surface area contributed by atoms with Crippen LogP contribution < -0.4 is 5.32 Å². The van der Waals surface area contributed by atoms with Gasteiger partial charge in [-0.3, -0.25) is 9.78 Å². The van der Waals surface area contributed by atoms with E-state index in [4.69, 9.17) is 5.10 Å². The van der Waals surface area contributed by atoms with E-state index in [-0.39, 0.29) is 11.8 Å². The third kappa shape index (κ3) is 4.83. The molecule has 1 aliphatic rings. The second-order valence-electron chi connectivity index (χ2n) is 9.18. The first-order valence-electron chi connectivity index (χ1n) is 12.3. The fourth-order valence-electron chi connectivity index (χ4n) is 4.79. The lowest BCUT2D eigenvalue weighted by atomic mass is 9.79. The number of fused-ring (bicyclic) bond motifs is 1. The minimum atomic E-state index is 0.126. The van der Waals surface area contributed by atoms with E-state index in [1.165, 1.54) is 32.1 Å². The molecular formula is C27H30N6O. The molecule has 0 radical (unpaired) electrons. The van der Waals surface area contributed by atoms with Gasteiger partial charge in [0, 0.05) is 35.1 Å². The molecule has 1 N–H and O–H groups in total. The van der Waals surface area contributed by atoms with Gasteiger partial charge in [0.2, 0.25) is 5.91 Å². The molecule has 3 heterocycles. The quantitative estimate of drug-likeness (QED) is 0.382. The smallest absolute Gasteiger partial charge is 0.227 e. The molecule has 5 rings (SSSR count). The normalized spacial score (nSPS) is 18.1. The second-order valence-corrected chi connectivity index (χ2v) is 9.18. The highest BCUT2D eigenvalue weighted by Crippen LogP contribution is 2.32. The minimum Gasteiger partial charge on any atom is -0.326 e. The summed E-state index contributed by atoms with van der Waals surface area (Å²) in [4.78, 5) is 17.0. The standard InChI is InChI=1S/C27H30N6O/c1-2-3-5-19-7-9-21(10-8-19)27(34)29-23-13-11-20(12-14-23)24-15-16-25-30-31-26(33(25)32-24)22-6-4-17-28-18-22/h4,6,11-19,21H,2-3,5,7-10H2,1H3,(H,29,34). The lowest BCUT2D eigenvalue weighted by Gasteiger charge is -2.27. The Balaban J connectivity index is 1.26. The number of carbonyl (C=O) groups excluding carboxylic acids is 1. The molecule has 1 amide bonds. The number of hydrogen-bond acceptors (Lipinski definition) is 5. The highest BCUT2D eigenvalue weighted by molar-refractivity contribution is 5.92. The summed E-state index contributed by atoms with van der Waals surface area (Å²) in [6.07, 6.45) is 11.7. The first-order valence-corrected chi connectivity index (χ1v) is 12.3. The van der Waals surface area contributed by atoms with Gasteiger partial charge in [0.1, 0.15) is 0 Å². The average Bonchev–Trinajstić information content (AvgIpc) is 3.32. The molecule has 4 aromatic rings. The molecule has 0 saturated heterocycles. The zero-order valence-electron chi connectivity index (χ0n) is 19.5. The van der Waals surface area contributed by atoms with E-state index in [1.54, 1.807) is 16.9 Å². The number of hydrogen-bond donors (Lipinski definition) is 1. The van der Waals surface area contributed by atoms with Gasteiger partial charge in [-0.05, 0) is 68.0 Å². The molecule has 0 aliphatic heterocycles. The maximum absolute atomic E-state index is 12.8. The Kier molecular flexibility index (Phi) is 6.60. The zero-order chi connectivity index (χ0) is 23.3. The molecule has 0 bridgehead atoms. The van der Waals surface area contributed by atoms with Crippen molar-refractivity contribution in [3.63, 3.8) is 0 Å². The second kappa shape index (κ2) is 10.1. The van der Waals surface area contributed by atoms with Crippen molar-refractivity contribution in [2.45, 2.75) is 51.9 Å². The summed E-state index contributed by atoms with van der Waals surface area (Å²) in [5, 5.41) is 16.4. The molecule has 0 atom stereocenters. The monoisotopic (exact) mass is 454 g/mol. The fraction of sp³-hybridized carbons (Fsp3) is 0.370. The summed E-state index contributed by atoms with van der Waals surface area (Å²) in [6, 6.07) is 15.5. The van der Waals surface area contributed by atoms with Gasteiger partial charge >= 0.3 is 0 Å². The molecule has 1 fully saturated rings. The van der Waals surface area contributed by atoms with E-state index < -0.39 is 0 Å². The van der Waals surface area contributed by atoms with Gasteiger partial charge < -0.3 is 5.32 Å². The number of carbonyl (C=O) groups is 1. The van der Waals surface area contributed by atoms with Crippen LogP contribution in [0.2, 0.25) is 0 Å². The molecule has 0 spiro atoms. The molecule has 1 aromatic carbocycles. The van der Waals surface area contributed by atoms with Gasteiger partial charge in [0.05, 0.1) is 5.69 Å². The summed E-state index contributed by atoms with van der Waals surface area (Å²) in [5.74, 6) is 1.73. The molecule has 174 valence electrons. The van der Waals surface area contributed by atoms with Crippen molar-refractivity contribution in [3.8, 4) is 22.6 Å². The Morgan fingerprint density at radius 1 is 1.00 bits per heavy atom. The maximum Gasteiger partial charge on any atom is 0.227 e. The van der Waals surface area contributed by atoms with E-state index in [1.807, 2.05) is 48.5 Å². The van der Waals surface area contributed by atoms with Crippen LogP contribution in [-0.2, 0) is 4.79 Å². The van der Waals surface area contributed by atoms with Crippen LogP contribution in [0.1, 0.15) is 51.9 Å². The number of unbranched alkanes of at least 4 members (excludes halogenated alkanes) is 1. The molecule has 7 nitrogen and oxygen atoms in total. The molecule has 0 unspecified atom stereocenters. The summed E-state index contributed by atoms with van der Waals surface area (Å²) in [5.41, 5.74) is 4.12. The largest absolute Gasteiger partial charge is 0.326 e. The third-order valence-electron chi connectivity index (χ3n) is 6.81. The zero-order valence-corrected chi connectivity index (χ0v) is 19.5. The molecule has 34 heavy (non-hydrogen) atoms. The van der Waals surface area contributed by atoms with Crippen molar-refractivity contribution in [1.29, 1.82) is 0 Å². The SMILES string of the molecule is CCCCC1CCC(C(=O)Nc2ccc(-c3ccc4nnc(-c5cccnc5)n4n3)cc2)CC1. The first kappa shape index (κ1) is 22.2. The molecule has 7 heteroatoms. The van der Waals surface area contributed by atoms with E-state index >= 15 is 0 Å². The predicted molar refractivity (Wildman–Crippen MR) is 133 cm³/mol. The van der Waals surface area contributed by atoms with E-state index in [0.717, 1.165) is 41.3 Å². The van der Waals surface area contributed by atoms with Gasteiger partial charge in [-0.2, -0.15) is 9.61 Å². The van der Waals surface area contributed by atoms with Crippen molar-refractivity contribution >= 4 is 17.2 Å². The molecule has 1 aliphatic carbocycles. The number of aromatic nitrogens is 5. The summed E-state index contributed by atoms with van der Waals surface area (Å²) in [6.45, 7) is 2.24. The van der Waals surface area contributed by atoms with Crippen LogP contribution in [-0.4, -0.2) is 30.7 Å². The number of anilines is 1. The van der Waals surface area contributed by atoms with Gasteiger partial charge in [-0.15, -0.1) is 10.2 Å². The Hall–Kier alpha value is -3.61. The van der Waals surface area contributed by atoms with Gasteiger partial charge in [0.15, 0.2) is 11.5 Å². The van der Waals surface area contributed by atoms with E-state index in [0.29, 0.717) is 11.5 Å². The predicted octanol–water partition coefficient (Wildman–Crippen LogP) is 5.79. The average molecular weight is 455 g/mol. The van der Waals surface area contributed by atoms with Crippen molar-refractivity contribution in [2.24, 2.45) is 11.8 Å². The molecular weight excluding hydrogens is 424 g/mol. The fourth-order valence-corrected chi connectivity index (χ4v) is 4.79. The van der Waals surface area contributed by atoms with Crippen LogP contribution >= 0.6 is 0 Å². The number of nitrogens with zero attached hydrogens (tertiary/aromatic N) is 5. The minimum absolute atomic E-state index is 0.126. The van der Waals surface area contributed by atoms with Crippen LogP contribution in [0.3, 0.4) is 0 Å². The van der Waals surface area contributed by atoms with Gasteiger partial charge in [-0.25, -0.2) is 0 Å². The van der Waals surface area contributed by atoms with Crippen molar-refractivity contribution in [3.05, 3.63) is 60.9 Å². The Labute approximate surface area is 199 Å². The number of amides is 1. The van der Waals surface area contributed by atoms with Crippen LogP contribution in [0.15, 0.2) is 60.9 Å². The lowest BCUT2D eigenvalue weighted by Crippen LogP contribution is -2.27. The van der Waals surface area contributed by atoms with E-state index in [2.05, 4.69) is 27.4 Å². The third-order valence-corrected chi connectivity index (χ3v) is 6.81. The van der Waals surface area contributed by atoms with Crippen LogP contribution in [0, 0.1) is 11.8 Å². The highest BCUT2D eigenvalue weighted by atomic mass is 16.1.